The first-order valence-corrected chi connectivity index (χ1v) is 3.52. The molecule has 1 aliphatic carbocycles. The van der Waals surface area contributed by atoms with E-state index in [-0.39, 0.29) is 11.0 Å². The van der Waals surface area contributed by atoms with Crippen LogP contribution in [-0.4, -0.2) is 36.0 Å². The highest BCUT2D eigenvalue weighted by Gasteiger charge is 2.63. The van der Waals surface area contributed by atoms with Crippen molar-refractivity contribution in [2.24, 2.45) is 11.8 Å². The van der Waals surface area contributed by atoms with Crippen LogP contribution < -0.4 is 0 Å². The van der Waals surface area contributed by atoms with Gasteiger partial charge < -0.3 is 4.90 Å². The van der Waals surface area contributed by atoms with E-state index >= 15 is 0 Å². The number of likely N-dealkylation sites (tertiary alicyclic amines) is 1. The summed E-state index contributed by atoms with van der Waals surface area (Å²) in [7, 11) is 2.02. The topological polar surface area (TPSA) is 46.4 Å². The molecule has 3 atom stereocenters. The SMILES string of the molecule is CN1C[C@@H]2C([N+](=O)[O-])[C@@H]2C1. The van der Waals surface area contributed by atoms with Crippen LogP contribution in [0, 0.1) is 22.0 Å². The van der Waals surface area contributed by atoms with Crippen molar-refractivity contribution in [3.05, 3.63) is 10.1 Å². The highest BCUT2D eigenvalue weighted by atomic mass is 16.6. The molecule has 1 unspecified atom stereocenters. The number of fused-ring (bicyclic) bond motifs is 1. The third kappa shape index (κ3) is 0.653. The molecule has 1 heterocycles. The van der Waals surface area contributed by atoms with E-state index in [1.807, 2.05) is 7.05 Å². The molecule has 2 rings (SSSR count). The lowest BCUT2D eigenvalue weighted by Crippen LogP contribution is -2.23. The van der Waals surface area contributed by atoms with Gasteiger partial charge in [0.2, 0.25) is 6.04 Å². The molecule has 1 saturated carbocycles. The molecule has 2 aliphatic rings. The van der Waals surface area contributed by atoms with Crippen LogP contribution in [0.4, 0.5) is 0 Å². The Kier molecular flexibility index (Phi) is 1.03. The van der Waals surface area contributed by atoms with Crippen molar-refractivity contribution in [3.8, 4) is 0 Å². The van der Waals surface area contributed by atoms with Gasteiger partial charge in [-0.15, -0.1) is 0 Å². The van der Waals surface area contributed by atoms with Gasteiger partial charge in [-0.05, 0) is 7.05 Å². The summed E-state index contributed by atoms with van der Waals surface area (Å²) < 4.78 is 0. The molecule has 4 nitrogen and oxygen atoms in total. The molecular formula is C6H10N2O2. The van der Waals surface area contributed by atoms with Crippen LogP contribution in [0.1, 0.15) is 0 Å². The summed E-state index contributed by atoms with van der Waals surface area (Å²) >= 11 is 0. The lowest BCUT2D eigenvalue weighted by molar-refractivity contribution is -0.502. The summed E-state index contributed by atoms with van der Waals surface area (Å²) in [5.41, 5.74) is 0. The Morgan fingerprint density at radius 3 is 2.40 bits per heavy atom. The van der Waals surface area contributed by atoms with Gasteiger partial charge in [0, 0.05) is 18.0 Å². The lowest BCUT2D eigenvalue weighted by atomic mass is 10.4. The minimum absolute atomic E-state index is 0.123. The summed E-state index contributed by atoms with van der Waals surface area (Å²) in [5, 5.41) is 10.3. The summed E-state index contributed by atoms with van der Waals surface area (Å²) in [6.45, 7) is 1.85. The van der Waals surface area contributed by atoms with E-state index in [4.69, 9.17) is 0 Å². The van der Waals surface area contributed by atoms with Crippen LogP contribution in [0.25, 0.3) is 0 Å². The molecule has 1 saturated heterocycles. The Bertz CT molecular complexity index is 171. The second-order valence-corrected chi connectivity index (χ2v) is 3.32. The van der Waals surface area contributed by atoms with Gasteiger partial charge in [0.25, 0.3) is 0 Å². The molecule has 0 spiro atoms. The van der Waals surface area contributed by atoms with Gasteiger partial charge in [-0.3, -0.25) is 10.1 Å². The van der Waals surface area contributed by atoms with Crippen molar-refractivity contribution in [2.75, 3.05) is 20.1 Å². The van der Waals surface area contributed by atoms with Crippen LogP contribution in [0.15, 0.2) is 0 Å². The van der Waals surface area contributed by atoms with Crippen molar-refractivity contribution in [1.82, 2.24) is 4.90 Å². The normalized spacial score (nSPS) is 45.1. The van der Waals surface area contributed by atoms with Crippen molar-refractivity contribution in [1.29, 1.82) is 0 Å². The van der Waals surface area contributed by atoms with E-state index in [1.54, 1.807) is 0 Å². The molecule has 0 amide bonds. The second kappa shape index (κ2) is 1.69. The van der Waals surface area contributed by atoms with Crippen LogP contribution >= 0.6 is 0 Å². The third-order valence-corrected chi connectivity index (χ3v) is 2.57. The second-order valence-electron chi connectivity index (χ2n) is 3.32. The molecule has 4 heteroatoms. The Morgan fingerprint density at radius 1 is 1.50 bits per heavy atom. The Morgan fingerprint density at radius 2 is 2.00 bits per heavy atom. The molecule has 0 bridgehead atoms. The Hall–Kier alpha value is -0.640. The first-order valence-electron chi connectivity index (χ1n) is 3.52. The maximum Gasteiger partial charge on any atom is 0.222 e. The predicted molar refractivity (Wildman–Crippen MR) is 35.3 cm³/mol. The smallest absolute Gasteiger partial charge is 0.222 e. The Balaban J connectivity index is 1.98. The summed E-state index contributed by atoms with van der Waals surface area (Å²) in [6, 6.07) is -0.198. The third-order valence-electron chi connectivity index (χ3n) is 2.57. The molecule has 0 radical (unpaired) electrons. The zero-order valence-corrected chi connectivity index (χ0v) is 5.86. The summed E-state index contributed by atoms with van der Waals surface area (Å²) in [5.74, 6) is 0.750. The van der Waals surface area contributed by atoms with Crippen molar-refractivity contribution in [3.63, 3.8) is 0 Å². The maximum absolute atomic E-state index is 10.3. The van der Waals surface area contributed by atoms with Crippen molar-refractivity contribution >= 4 is 0 Å². The monoisotopic (exact) mass is 142 g/mol. The molecule has 56 valence electrons. The number of nitrogens with zero attached hydrogens (tertiary/aromatic N) is 2. The molecular weight excluding hydrogens is 132 g/mol. The predicted octanol–water partition coefficient (Wildman–Crippen LogP) is -0.177. The first-order chi connectivity index (χ1) is 4.70. The number of rotatable bonds is 1. The lowest BCUT2D eigenvalue weighted by Gasteiger charge is -2.08. The molecule has 1 aliphatic heterocycles. The number of nitro groups is 1. The van der Waals surface area contributed by atoms with Gasteiger partial charge in [-0.1, -0.05) is 0 Å². The van der Waals surface area contributed by atoms with E-state index in [9.17, 15) is 10.1 Å². The number of hydrogen-bond acceptors (Lipinski definition) is 3. The fraction of sp³-hybridized carbons (Fsp3) is 1.00. The fourth-order valence-corrected chi connectivity index (χ4v) is 2.02. The standard InChI is InChI=1S/C6H10N2O2/c1-7-2-4-5(3-7)6(4)8(9)10/h4-6H,2-3H2,1H3/t4-,5+,6?. The number of hydrogen-bond donors (Lipinski definition) is 0. The highest BCUT2D eigenvalue weighted by Crippen LogP contribution is 2.46. The maximum atomic E-state index is 10.3. The number of piperidine rings is 1. The van der Waals surface area contributed by atoms with Gasteiger partial charge in [-0.2, -0.15) is 0 Å². The minimum atomic E-state index is -0.198. The minimum Gasteiger partial charge on any atom is -0.305 e. The van der Waals surface area contributed by atoms with Crippen LogP contribution in [0.2, 0.25) is 0 Å². The largest absolute Gasteiger partial charge is 0.305 e. The molecule has 0 aromatic carbocycles. The van der Waals surface area contributed by atoms with Gasteiger partial charge >= 0.3 is 0 Å². The Labute approximate surface area is 59.0 Å². The van der Waals surface area contributed by atoms with E-state index in [1.165, 1.54) is 0 Å². The molecule has 2 fully saturated rings. The van der Waals surface area contributed by atoms with E-state index in [2.05, 4.69) is 4.90 Å². The van der Waals surface area contributed by atoms with Gasteiger partial charge in [-0.25, -0.2) is 0 Å². The van der Waals surface area contributed by atoms with Crippen molar-refractivity contribution in [2.45, 2.75) is 6.04 Å². The fourth-order valence-electron chi connectivity index (χ4n) is 2.02. The molecule has 0 N–H and O–H groups in total. The summed E-state index contributed by atoms with van der Waals surface area (Å²) in [6.07, 6.45) is 0. The van der Waals surface area contributed by atoms with Gasteiger partial charge in [0.05, 0.1) is 11.8 Å². The van der Waals surface area contributed by atoms with Crippen LogP contribution in [-0.2, 0) is 0 Å². The first kappa shape index (κ1) is 6.09. The van der Waals surface area contributed by atoms with Gasteiger partial charge in [0.1, 0.15) is 0 Å². The molecule has 0 aromatic rings. The molecule has 10 heavy (non-hydrogen) atoms. The van der Waals surface area contributed by atoms with E-state index < -0.39 is 0 Å². The average molecular weight is 142 g/mol. The van der Waals surface area contributed by atoms with Crippen molar-refractivity contribution < 1.29 is 4.92 Å². The van der Waals surface area contributed by atoms with E-state index in [0.29, 0.717) is 11.8 Å². The quantitative estimate of drug-likeness (QED) is 0.377. The van der Waals surface area contributed by atoms with Crippen LogP contribution in [0.5, 0.6) is 0 Å². The summed E-state index contributed by atoms with van der Waals surface area (Å²) in [4.78, 5) is 12.3. The molecule has 0 aromatic heterocycles. The average Bonchev–Trinajstić information content (AvgIpc) is 2.32. The highest BCUT2D eigenvalue weighted by molar-refractivity contribution is 5.05. The zero-order valence-electron chi connectivity index (χ0n) is 5.86. The van der Waals surface area contributed by atoms with Gasteiger partial charge in [0.15, 0.2) is 0 Å². The van der Waals surface area contributed by atoms with E-state index in [0.717, 1.165) is 13.1 Å². The van der Waals surface area contributed by atoms with Crippen LogP contribution in [0.3, 0.4) is 0 Å². The zero-order chi connectivity index (χ0) is 7.30.